The number of methoxy groups -OCH3 is 1. The number of hydrogen-bond donors (Lipinski definition) is 1. The second kappa shape index (κ2) is 9.60. The first-order valence-corrected chi connectivity index (χ1v) is 9.64. The number of carbonyl (C=O) groups excluding carboxylic acids is 1. The van der Waals surface area contributed by atoms with Crippen molar-refractivity contribution < 1.29 is 19.6 Å². The number of esters is 1. The molecule has 0 heterocycles. The molecule has 0 aromatic heterocycles. The Morgan fingerprint density at radius 1 is 1.28 bits per heavy atom. The van der Waals surface area contributed by atoms with Crippen molar-refractivity contribution in [2.45, 2.75) is 32.1 Å². The molecule has 2 aromatic rings. The first-order valence-electron chi connectivity index (χ1n) is 8.84. The number of azo groups is 1. The van der Waals surface area contributed by atoms with Crippen molar-refractivity contribution in [3.63, 3.8) is 0 Å². The molecule has 0 atom stereocenters. The van der Waals surface area contributed by atoms with E-state index in [2.05, 4.69) is 30.9 Å². The first-order chi connectivity index (χ1) is 13.6. The van der Waals surface area contributed by atoms with E-state index in [9.17, 15) is 20.0 Å². The van der Waals surface area contributed by atoms with Crippen LogP contribution >= 0.6 is 15.9 Å². The molecule has 0 aliphatic carbocycles. The molecule has 1 N–H and O–H groups in total. The van der Waals surface area contributed by atoms with E-state index in [1.807, 2.05) is 19.9 Å². The lowest BCUT2D eigenvalue weighted by atomic mass is 9.83. The molecule has 0 aliphatic heterocycles. The van der Waals surface area contributed by atoms with Crippen LogP contribution in [0.1, 0.15) is 31.4 Å². The smallest absolute Gasteiger partial charge is 0.305 e. The van der Waals surface area contributed by atoms with Crippen molar-refractivity contribution >= 4 is 33.3 Å². The predicted octanol–water partition coefficient (Wildman–Crippen LogP) is 5.23. The fraction of sp³-hybridized carbons (Fsp3) is 0.350. The van der Waals surface area contributed by atoms with Crippen LogP contribution in [0.25, 0.3) is 0 Å². The Kier molecular flexibility index (Phi) is 7.44. The number of ether oxygens (including phenoxy) is 1. The van der Waals surface area contributed by atoms with Gasteiger partial charge in [0.2, 0.25) is 0 Å². The highest BCUT2D eigenvalue weighted by Crippen LogP contribution is 2.34. The van der Waals surface area contributed by atoms with Crippen LogP contribution in [0.4, 0.5) is 11.4 Å². The van der Waals surface area contributed by atoms with E-state index in [1.165, 1.54) is 19.2 Å². The minimum Gasteiger partial charge on any atom is -0.508 e. The van der Waals surface area contributed by atoms with Crippen molar-refractivity contribution in [3.8, 4) is 5.75 Å². The van der Waals surface area contributed by atoms with Gasteiger partial charge >= 0.3 is 5.97 Å². The fourth-order valence-corrected chi connectivity index (χ4v) is 3.08. The highest BCUT2D eigenvalue weighted by atomic mass is 79.9. The van der Waals surface area contributed by atoms with E-state index in [4.69, 9.17) is 0 Å². The van der Waals surface area contributed by atoms with Gasteiger partial charge in [-0.1, -0.05) is 41.9 Å². The molecule has 0 spiro atoms. The van der Waals surface area contributed by atoms with Gasteiger partial charge in [-0.25, -0.2) is 0 Å². The Morgan fingerprint density at radius 2 is 2.00 bits per heavy atom. The molecular weight excluding hydrogens is 442 g/mol. The third-order valence-corrected chi connectivity index (χ3v) is 4.91. The van der Waals surface area contributed by atoms with Gasteiger partial charge in [-0.2, -0.15) is 5.11 Å². The molecule has 0 bridgehead atoms. The zero-order valence-electron chi connectivity index (χ0n) is 16.4. The number of halogens is 1. The van der Waals surface area contributed by atoms with Gasteiger partial charge in [0, 0.05) is 27.9 Å². The highest BCUT2D eigenvalue weighted by molar-refractivity contribution is 9.10. The second-order valence-electron chi connectivity index (χ2n) is 7.10. The number of benzene rings is 2. The van der Waals surface area contributed by atoms with Crippen molar-refractivity contribution in [1.29, 1.82) is 0 Å². The van der Waals surface area contributed by atoms with Gasteiger partial charge in [-0.15, -0.1) is 5.11 Å². The summed E-state index contributed by atoms with van der Waals surface area (Å²) < 4.78 is 5.24. The van der Waals surface area contributed by atoms with Crippen molar-refractivity contribution in [2.24, 2.45) is 10.2 Å². The number of carbonyl (C=O) groups is 1. The van der Waals surface area contributed by atoms with E-state index in [1.54, 1.807) is 18.2 Å². The third-order valence-electron chi connectivity index (χ3n) is 4.41. The Labute approximate surface area is 176 Å². The summed E-state index contributed by atoms with van der Waals surface area (Å²) in [4.78, 5) is 22.0. The summed E-state index contributed by atoms with van der Waals surface area (Å²) in [5, 5.41) is 29.6. The van der Waals surface area contributed by atoms with Crippen LogP contribution in [-0.4, -0.2) is 29.7 Å². The maximum atomic E-state index is 11.4. The molecule has 0 fully saturated rings. The van der Waals surface area contributed by atoms with E-state index < -0.39 is 10.3 Å². The summed E-state index contributed by atoms with van der Waals surface area (Å²) in [5.74, 6) is -0.189. The van der Waals surface area contributed by atoms with Crippen LogP contribution in [-0.2, 0) is 21.4 Å². The Balaban J connectivity index is 2.20. The molecule has 2 aromatic carbocycles. The van der Waals surface area contributed by atoms with Crippen molar-refractivity contribution in [2.75, 3.05) is 13.7 Å². The number of nitro benzene ring substituents is 1. The molecule has 0 saturated carbocycles. The Morgan fingerprint density at radius 3 is 2.66 bits per heavy atom. The summed E-state index contributed by atoms with van der Waals surface area (Å²) in [6, 6.07) is 9.71. The van der Waals surface area contributed by atoms with Gasteiger partial charge < -0.3 is 9.84 Å². The summed E-state index contributed by atoms with van der Waals surface area (Å²) >= 11 is 3.20. The van der Waals surface area contributed by atoms with Gasteiger partial charge in [0.05, 0.1) is 18.6 Å². The van der Waals surface area contributed by atoms with Crippen LogP contribution in [0.15, 0.2) is 51.1 Å². The van der Waals surface area contributed by atoms with Crippen LogP contribution in [0, 0.1) is 10.1 Å². The minimum atomic E-state index is -0.584. The molecule has 0 unspecified atom stereocenters. The van der Waals surface area contributed by atoms with Gasteiger partial charge in [0.1, 0.15) is 5.75 Å². The standard InChI is InChI=1S/C20H22BrN3O5/c1-20(2,12-22-23-16-7-6-14(21)11-17(16)24(27)28)15-10-13(4-8-18(15)25)5-9-19(26)29-3/h4,6-8,10-11,25H,5,9,12H2,1-3H3. The number of nitrogens with zero attached hydrogens (tertiary/aromatic N) is 3. The van der Waals surface area contributed by atoms with Crippen LogP contribution < -0.4 is 0 Å². The van der Waals surface area contributed by atoms with Gasteiger partial charge in [-0.3, -0.25) is 14.9 Å². The topological polar surface area (TPSA) is 114 Å². The molecule has 2 rings (SSSR count). The molecule has 0 amide bonds. The molecule has 154 valence electrons. The number of nitro groups is 1. The average molecular weight is 464 g/mol. The number of rotatable bonds is 8. The highest BCUT2D eigenvalue weighted by Gasteiger charge is 2.25. The number of phenols is 1. The molecule has 0 aliphatic rings. The number of aryl methyl sites for hydroxylation is 1. The SMILES string of the molecule is COC(=O)CCc1ccc(O)c(C(C)(C)CN=Nc2ccc(Br)cc2[N+](=O)[O-])c1. The van der Waals surface area contributed by atoms with E-state index in [-0.39, 0.29) is 36.1 Å². The first kappa shape index (κ1) is 22.5. The Bertz CT molecular complexity index is 944. The van der Waals surface area contributed by atoms with Crippen molar-refractivity contribution in [1.82, 2.24) is 0 Å². The van der Waals surface area contributed by atoms with Crippen LogP contribution in [0.3, 0.4) is 0 Å². The molecular formula is C20H22BrN3O5. The molecule has 29 heavy (non-hydrogen) atoms. The lowest BCUT2D eigenvalue weighted by Gasteiger charge is -2.24. The number of hydrogen-bond acceptors (Lipinski definition) is 7. The summed E-state index contributed by atoms with van der Waals surface area (Å²) in [5.41, 5.74) is 0.971. The van der Waals surface area contributed by atoms with Gasteiger partial charge in [-0.05, 0) is 30.2 Å². The normalized spacial score (nSPS) is 11.6. The molecule has 0 radical (unpaired) electrons. The summed E-state index contributed by atoms with van der Waals surface area (Å²) in [6.45, 7) is 3.98. The fourth-order valence-electron chi connectivity index (χ4n) is 2.73. The lowest BCUT2D eigenvalue weighted by Crippen LogP contribution is -2.21. The zero-order valence-corrected chi connectivity index (χ0v) is 18.0. The van der Waals surface area contributed by atoms with Crippen LogP contribution in [0.5, 0.6) is 5.75 Å². The summed E-state index contributed by atoms with van der Waals surface area (Å²) in [7, 11) is 1.34. The third kappa shape index (κ3) is 6.08. The lowest BCUT2D eigenvalue weighted by molar-refractivity contribution is -0.384. The number of phenolic OH excluding ortho intramolecular Hbond substituents is 1. The predicted molar refractivity (Wildman–Crippen MR) is 112 cm³/mol. The second-order valence-corrected chi connectivity index (χ2v) is 8.02. The van der Waals surface area contributed by atoms with E-state index >= 15 is 0 Å². The summed E-state index contributed by atoms with van der Waals surface area (Å²) in [6.07, 6.45) is 0.733. The molecule has 8 nitrogen and oxygen atoms in total. The van der Waals surface area contributed by atoms with Crippen molar-refractivity contribution in [3.05, 3.63) is 62.1 Å². The Hall–Kier alpha value is -2.81. The molecule has 9 heteroatoms. The van der Waals surface area contributed by atoms with E-state index in [0.717, 1.165) is 5.56 Å². The maximum Gasteiger partial charge on any atom is 0.305 e. The quantitative estimate of drug-likeness (QED) is 0.249. The monoisotopic (exact) mass is 463 g/mol. The number of aromatic hydroxyl groups is 1. The van der Waals surface area contributed by atoms with Gasteiger partial charge in [0.25, 0.3) is 5.69 Å². The average Bonchev–Trinajstić information content (AvgIpc) is 2.67. The maximum absolute atomic E-state index is 11.4. The van der Waals surface area contributed by atoms with Gasteiger partial charge in [0.15, 0.2) is 5.69 Å². The zero-order chi connectivity index (χ0) is 21.6. The van der Waals surface area contributed by atoms with E-state index in [0.29, 0.717) is 16.5 Å². The molecule has 0 saturated heterocycles. The largest absolute Gasteiger partial charge is 0.508 e. The minimum absolute atomic E-state index is 0.113. The van der Waals surface area contributed by atoms with Crippen LogP contribution in [0.2, 0.25) is 0 Å².